The average Bonchev–Trinajstić information content (AvgIpc) is 2.30. The molecule has 0 spiro atoms. The summed E-state index contributed by atoms with van der Waals surface area (Å²) in [6.07, 6.45) is 0. The number of phenolic OH excluding ortho intramolecular Hbond substituents is 1. The highest BCUT2D eigenvalue weighted by Gasteiger charge is 2.09. The van der Waals surface area contributed by atoms with Crippen LogP contribution in [0, 0.1) is 0 Å². The lowest BCUT2D eigenvalue weighted by Gasteiger charge is -2.07. The molecule has 0 aliphatic heterocycles. The van der Waals surface area contributed by atoms with Gasteiger partial charge < -0.3 is 5.11 Å². The summed E-state index contributed by atoms with van der Waals surface area (Å²) < 4.78 is 0. The third-order valence-corrected chi connectivity index (χ3v) is 2.77. The largest absolute Gasteiger partial charge is 0.508 e. The Hall–Kier alpha value is -1.80. The molecule has 3 heteroatoms. The Labute approximate surface area is 104 Å². The van der Waals surface area contributed by atoms with Crippen molar-refractivity contribution in [2.45, 2.75) is 6.92 Å². The molecule has 0 aliphatic rings. The number of carbonyl (C=O) groups is 1. The fourth-order valence-corrected chi connectivity index (χ4v) is 1.87. The van der Waals surface area contributed by atoms with Crippen LogP contribution < -0.4 is 0 Å². The Balaban J connectivity index is 2.58. The Morgan fingerprint density at radius 1 is 1.12 bits per heavy atom. The monoisotopic (exact) mass is 246 g/mol. The lowest BCUT2D eigenvalue weighted by Crippen LogP contribution is -1.95. The molecule has 2 nitrogen and oxygen atoms in total. The second-order valence-corrected chi connectivity index (χ2v) is 4.23. The standard InChI is InChI=1S/C14H11ClO2/c1-9(16)14-8-11(15)4-7-13(14)10-2-5-12(17)6-3-10/h2-8,17H,1H3. The maximum absolute atomic E-state index is 11.6. The van der Waals surface area contributed by atoms with E-state index in [0.29, 0.717) is 10.6 Å². The number of carbonyl (C=O) groups excluding carboxylic acids is 1. The van der Waals surface area contributed by atoms with E-state index in [4.69, 9.17) is 11.6 Å². The molecule has 2 aromatic carbocycles. The fraction of sp³-hybridized carbons (Fsp3) is 0.0714. The van der Waals surface area contributed by atoms with Crippen molar-refractivity contribution in [1.82, 2.24) is 0 Å². The third kappa shape index (κ3) is 2.48. The minimum atomic E-state index is -0.0319. The normalized spacial score (nSPS) is 10.2. The zero-order chi connectivity index (χ0) is 12.4. The average molecular weight is 247 g/mol. The third-order valence-electron chi connectivity index (χ3n) is 2.54. The molecule has 0 aliphatic carbocycles. The van der Waals surface area contributed by atoms with E-state index in [9.17, 15) is 9.90 Å². The molecule has 0 saturated carbocycles. The van der Waals surface area contributed by atoms with Crippen molar-refractivity contribution < 1.29 is 9.90 Å². The summed E-state index contributed by atoms with van der Waals surface area (Å²) in [6.45, 7) is 1.51. The molecule has 0 radical (unpaired) electrons. The Bertz CT molecular complexity index is 559. The van der Waals surface area contributed by atoms with Crippen molar-refractivity contribution in [1.29, 1.82) is 0 Å². The van der Waals surface area contributed by atoms with Gasteiger partial charge in [0.1, 0.15) is 5.75 Å². The first-order chi connectivity index (χ1) is 8.08. The van der Waals surface area contributed by atoms with Crippen LogP contribution in [0.2, 0.25) is 5.02 Å². The first-order valence-corrected chi connectivity index (χ1v) is 5.55. The number of benzene rings is 2. The van der Waals surface area contributed by atoms with Gasteiger partial charge in [-0.25, -0.2) is 0 Å². The van der Waals surface area contributed by atoms with Crippen LogP contribution in [0.4, 0.5) is 0 Å². The summed E-state index contributed by atoms with van der Waals surface area (Å²) in [4.78, 5) is 11.6. The molecule has 0 fully saturated rings. The predicted octanol–water partition coefficient (Wildman–Crippen LogP) is 3.92. The number of ketones is 1. The van der Waals surface area contributed by atoms with Crippen LogP contribution in [-0.4, -0.2) is 10.9 Å². The van der Waals surface area contributed by atoms with Crippen molar-refractivity contribution in [3.63, 3.8) is 0 Å². The van der Waals surface area contributed by atoms with Crippen molar-refractivity contribution >= 4 is 17.4 Å². The highest BCUT2D eigenvalue weighted by Crippen LogP contribution is 2.28. The molecule has 17 heavy (non-hydrogen) atoms. The lowest BCUT2D eigenvalue weighted by molar-refractivity contribution is 0.101. The van der Waals surface area contributed by atoms with Crippen molar-refractivity contribution in [3.8, 4) is 16.9 Å². The highest BCUT2D eigenvalue weighted by atomic mass is 35.5. The van der Waals surface area contributed by atoms with E-state index in [0.717, 1.165) is 11.1 Å². The van der Waals surface area contributed by atoms with Crippen molar-refractivity contribution in [2.75, 3.05) is 0 Å². The van der Waals surface area contributed by atoms with Crippen LogP contribution in [0.15, 0.2) is 42.5 Å². The van der Waals surface area contributed by atoms with E-state index in [2.05, 4.69) is 0 Å². The van der Waals surface area contributed by atoms with Gasteiger partial charge in [-0.2, -0.15) is 0 Å². The Morgan fingerprint density at radius 3 is 2.35 bits per heavy atom. The number of rotatable bonds is 2. The number of hydrogen-bond acceptors (Lipinski definition) is 2. The van der Waals surface area contributed by atoms with Crippen molar-refractivity contribution in [2.24, 2.45) is 0 Å². The molecular formula is C14H11ClO2. The molecule has 0 aromatic heterocycles. The molecule has 0 heterocycles. The summed E-state index contributed by atoms with van der Waals surface area (Å²) in [5.74, 6) is 0.169. The van der Waals surface area contributed by atoms with Crippen molar-refractivity contribution in [3.05, 3.63) is 53.1 Å². The summed E-state index contributed by atoms with van der Waals surface area (Å²) in [6, 6.07) is 11.9. The second-order valence-electron chi connectivity index (χ2n) is 3.79. The maximum atomic E-state index is 11.6. The van der Waals surface area contributed by atoms with Gasteiger partial charge in [0.05, 0.1) is 0 Å². The summed E-state index contributed by atoms with van der Waals surface area (Å²) in [7, 11) is 0. The molecular weight excluding hydrogens is 236 g/mol. The van der Waals surface area contributed by atoms with E-state index < -0.39 is 0 Å². The van der Waals surface area contributed by atoms with E-state index in [-0.39, 0.29) is 11.5 Å². The molecule has 2 aromatic rings. The quantitative estimate of drug-likeness (QED) is 0.816. The molecule has 0 unspecified atom stereocenters. The van der Waals surface area contributed by atoms with Crippen LogP contribution >= 0.6 is 11.6 Å². The zero-order valence-corrected chi connectivity index (χ0v) is 10.0. The number of halogens is 1. The van der Waals surface area contributed by atoms with Crippen LogP contribution in [0.25, 0.3) is 11.1 Å². The molecule has 1 N–H and O–H groups in total. The molecule has 2 rings (SSSR count). The molecule has 0 saturated heterocycles. The van der Waals surface area contributed by atoms with Crippen LogP contribution in [-0.2, 0) is 0 Å². The topological polar surface area (TPSA) is 37.3 Å². The van der Waals surface area contributed by atoms with Gasteiger partial charge in [0.25, 0.3) is 0 Å². The predicted molar refractivity (Wildman–Crippen MR) is 68.6 cm³/mol. The summed E-state index contributed by atoms with van der Waals surface area (Å²) >= 11 is 5.88. The molecule has 0 atom stereocenters. The number of Topliss-reactive ketones (excluding diaryl/α,β-unsaturated/α-hetero) is 1. The van der Waals surface area contributed by atoms with Gasteiger partial charge in [-0.05, 0) is 42.3 Å². The first-order valence-electron chi connectivity index (χ1n) is 5.18. The maximum Gasteiger partial charge on any atom is 0.160 e. The molecule has 86 valence electrons. The summed E-state index contributed by atoms with van der Waals surface area (Å²) in [5.41, 5.74) is 2.29. The first kappa shape index (κ1) is 11.7. The lowest BCUT2D eigenvalue weighted by atomic mass is 9.97. The van der Waals surface area contributed by atoms with Crippen LogP contribution in [0.1, 0.15) is 17.3 Å². The molecule has 0 bridgehead atoms. The van der Waals surface area contributed by atoms with Gasteiger partial charge in [0, 0.05) is 10.6 Å². The van der Waals surface area contributed by atoms with Gasteiger partial charge in [0.15, 0.2) is 5.78 Å². The van der Waals surface area contributed by atoms with E-state index in [1.54, 1.807) is 36.4 Å². The van der Waals surface area contributed by atoms with E-state index in [1.807, 2.05) is 6.07 Å². The number of phenols is 1. The Morgan fingerprint density at radius 2 is 1.76 bits per heavy atom. The number of aromatic hydroxyl groups is 1. The van der Waals surface area contributed by atoms with Gasteiger partial charge in [0.2, 0.25) is 0 Å². The highest BCUT2D eigenvalue weighted by molar-refractivity contribution is 6.31. The second kappa shape index (κ2) is 4.60. The van der Waals surface area contributed by atoms with Gasteiger partial charge >= 0.3 is 0 Å². The Kier molecular flexibility index (Phi) is 3.16. The van der Waals surface area contributed by atoms with Crippen LogP contribution in [0.5, 0.6) is 5.75 Å². The van der Waals surface area contributed by atoms with Crippen LogP contribution in [0.3, 0.4) is 0 Å². The summed E-state index contributed by atoms with van der Waals surface area (Å²) in [5, 5.41) is 9.78. The number of hydrogen-bond donors (Lipinski definition) is 1. The molecule has 0 amide bonds. The smallest absolute Gasteiger partial charge is 0.160 e. The fourth-order valence-electron chi connectivity index (χ4n) is 1.70. The zero-order valence-electron chi connectivity index (χ0n) is 9.27. The van der Waals surface area contributed by atoms with Gasteiger partial charge in [-0.3, -0.25) is 4.79 Å². The SMILES string of the molecule is CC(=O)c1cc(Cl)ccc1-c1ccc(O)cc1. The van der Waals surface area contributed by atoms with E-state index in [1.165, 1.54) is 6.92 Å². The minimum Gasteiger partial charge on any atom is -0.508 e. The van der Waals surface area contributed by atoms with Gasteiger partial charge in [-0.15, -0.1) is 0 Å². The van der Waals surface area contributed by atoms with E-state index >= 15 is 0 Å². The minimum absolute atomic E-state index is 0.0319. The van der Waals surface area contributed by atoms with Gasteiger partial charge in [-0.1, -0.05) is 29.8 Å².